The molecule has 18 heavy (non-hydrogen) atoms. The van der Waals surface area contributed by atoms with Crippen LogP contribution in [0.4, 0.5) is 0 Å². The highest BCUT2D eigenvalue weighted by Gasteiger charge is 2.24. The lowest BCUT2D eigenvalue weighted by molar-refractivity contribution is 0.00686. The number of aliphatic hydroxyl groups excluding tert-OH is 1. The van der Waals surface area contributed by atoms with Gasteiger partial charge in [-0.3, -0.25) is 0 Å². The van der Waals surface area contributed by atoms with Gasteiger partial charge in [-0.1, -0.05) is 39.3 Å². The van der Waals surface area contributed by atoms with E-state index < -0.39 is 0 Å². The first-order valence-electron chi connectivity index (χ1n) is 6.92. The molecule has 0 radical (unpaired) electrons. The van der Waals surface area contributed by atoms with Crippen molar-refractivity contribution in [1.29, 1.82) is 0 Å². The number of aliphatic hydroxyl groups is 1. The van der Waals surface area contributed by atoms with E-state index in [-0.39, 0.29) is 17.6 Å². The van der Waals surface area contributed by atoms with E-state index in [0.29, 0.717) is 0 Å². The molecule has 0 aliphatic heterocycles. The van der Waals surface area contributed by atoms with E-state index in [9.17, 15) is 5.11 Å². The van der Waals surface area contributed by atoms with Gasteiger partial charge in [-0.05, 0) is 42.4 Å². The standard InChI is InChI=1S/C16H24O2/c1-16(2,3)12-8-10-13(11-9-12)18-15-7-5-4-6-14(15)17/h8-11,14-15,17H,4-7H2,1-3H3/t14-,15+/m0/s1. The number of hydrogen-bond acceptors (Lipinski definition) is 2. The van der Waals surface area contributed by atoms with Crippen LogP contribution in [0.1, 0.15) is 52.0 Å². The molecule has 0 saturated heterocycles. The van der Waals surface area contributed by atoms with Crippen LogP contribution in [0.2, 0.25) is 0 Å². The van der Waals surface area contributed by atoms with Crippen LogP contribution >= 0.6 is 0 Å². The third-order valence-electron chi connectivity index (χ3n) is 3.68. The Morgan fingerprint density at radius 3 is 2.22 bits per heavy atom. The lowest BCUT2D eigenvalue weighted by Gasteiger charge is -2.28. The molecule has 1 aromatic rings. The Kier molecular flexibility index (Phi) is 3.96. The Morgan fingerprint density at radius 2 is 1.67 bits per heavy atom. The van der Waals surface area contributed by atoms with E-state index in [2.05, 4.69) is 32.9 Å². The molecule has 0 amide bonds. The van der Waals surface area contributed by atoms with Gasteiger partial charge in [0.05, 0.1) is 6.10 Å². The molecule has 0 aromatic heterocycles. The zero-order valence-electron chi connectivity index (χ0n) is 11.6. The van der Waals surface area contributed by atoms with Gasteiger partial charge in [-0.15, -0.1) is 0 Å². The second-order valence-electron chi connectivity index (χ2n) is 6.28. The molecular weight excluding hydrogens is 224 g/mol. The van der Waals surface area contributed by atoms with Gasteiger partial charge in [0.1, 0.15) is 11.9 Å². The van der Waals surface area contributed by atoms with Crippen LogP contribution in [0, 0.1) is 0 Å². The van der Waals surface area contributed by atoms with E-state index in [0.717, 1.165) is 31.4 Å². The molecule has 1 aliphatic rings. The second kappa shape index (κ2) is 5.31. The summed E-state index contributed by atoms with van der Waals surface area (Å²) in [4.78, 5) is 0. The summed E-state index contributed by atoms with van der Waals surface area (Å²) in [6.45, 7) is 6.61. The molecule has 1 aliphatic carbocycles. The zero-order valence-corrected chi connectivity index (χ0v) is 11.6. The van der Waals surface area contributed by atoms with E-state index in [1.54, 1.807) is 0 Å². The van der Waals surface area contributed by atoms with E-state index in [4.69, 9.17) is 4.74 Å². The first-order valence-corrected chi connectivity index (χ1v) is 6.92. The summed E-state index contributed by atoms with van der Waals surface area (Å²) >= 11 is 0. The number of hydrogen-bond donors (Lipinski definition) is 1. The monoisotopic (exact) mass is 248 g/mol. The zero-order chi connectivity index (χ0) is 13.2. The van der Waals surface area contributed by atoms with Gasteiger partial charge < -0.3 is 9.84 Å². The molecule has 2 nitrogen and oxygen atoms in total. The maximum atomic E-state index is 9.89. The third-order valence-corrected chi connectivity index (χ3v) is 3.68. The highest BCUT2D eigenvalue weighted by atomic mass is 16.5. The van der Waals surface area contributed by atoms with Crippen LogP contribution in [0.5, 0.6) is 5.75 Å². The van der Waals surface area contributed by atoms with Crippen molar-refractivity contribution in [3.63, 3.8) is 0 Å². The van der Waals surface area contributed by atoms with Crippen molar-refractivity contribution in [2.24, 2.45) is 0 Å². The van der Waals surface area contributed by atoms with Crippen LogP contribution in [-0.4, -0.2) is 17.3 Å². The quantitative estimate of drug-likeness (QED) is 0.865. The van der Waals surface area contributed by atoms with Gasteiger partial charge in [-0.2, -0.15) is 0 Å². The molecule has 0 heterocycles. The average Bonchev–Trinajstić information content (AvgIpc) is 2.32. The molecule has 0 bridgehead atoms. The molecule has 0 spiro atoms. The SMILES string of the molecule is CC(C)(C)c1ccc(O[C@@H]2CCCC[C@@H]2O)cc1. The highest BCUT2D eigenvalue weighted by molar-refractivity contribution is 5.31. The normalized spacial score (nSPS) is 24.9. The molecule has 1 fully saturated rings. The molecule has 2 heteroatoms. The first kappa shape index (κ1) is 13.4. The molecule has 2 rings (SSSR count). The maximum absolute atomic E-state index is 9.89. The Labute approximate surface area is 110 Å². The summed E-state index contributed by atoms with van der Waals surface area (Å²) in [5.41, 5.74) is 1.47. The van der Waals surface area contributed by atoms with Gasteiger partial charge in [0.2, 0.25) is 0 Å². The van der Waals surface area contributed by atoms with Crippen molar-refractivity contribution in [2.75, 3.05) is 0 Å². The van der Waals surface area contributed by atoms with Crippen molar-refractivity contribution in [2.45, 2.75) is 64.1 Å². The van der Waals surface area contributed by atoms with Crippen LogP contribution in [0.15, 0.2) is 24.3 Å². The minimum Gasteiger partial charge on any atom is -0.488 e. The largest absolute Gasteiger partial charge is 0.488 e. The summed E-state index contributed by atoms with van der Waals surface area (Å²) in [5.74, 6) is 0.869. The molecule has 2 atom stereocenters. The fourth-order valence-electron chi connectivity index (χ4n) is 2.42. The maximum Gasteiger partial charge on any atom is 0.124 e. The fraction of sp³-hybridized carbons (Fsp3) is 0.625. The predicted molar refractivity (Wildman–Crippen MR) is 74.0 cm³/mol. The molecule has 1 aromatic carbocycles. The molecule has 1 N–H and O–H groups in total. The lowest BCUT2D eigenvalue weighted by Crippen LogP contribution is -2.34. The van der Waals surface area contributed by atoms with Crippen LogP contribution < -0.4 is 4.74 Å². The Balaban J connectivity index is 2.02. The molecule has 1 saturated carbocycles. The van der Waals surface area contributed by atoms with Gasteiger partial charge in [-0.25, -0.2) is 0 Å². The molecule has 100 valence electrons. The van der Waals surface area contributed by atoms with E-state index in [1.807, 2.05) is 12.1 Å². The number of benzene rings is 1. The minimum absolute atomic E-state index is 0.0285. The second-order valence-corrected chi connectivity index (χ2v) is 6.28. The van der Waals surface area contributed by atoms with Crippen LogP contribution in [0.25, 0.3) is 0 Å². The summed E-state index contributed by atoms with van der Waals surface area (Å²) in [6, 6.07) is 8.26. The van der Waals surface area contributed by atoms with Gasteiger partial charge in [0, 0.05) is 0 Å². The molecule has 0 unspecified atom stereocenters. The lowest BCUT2D eigenvalue weighted by atomic mass is 9.87. The average molecular weight is 248 g/mol. The highest BCUT2D eigenvalue weighted by Crippen LogP contribution is 2.27. The topological polar surface area (TPSA) is 29.5 Å². The van der Waals surface area contributed by atoms with Crippen LogP contribution in [-0.2, 0) is 5.41 Å². The minimum atomic E-state index is -0.305. The number of ether oxygens (including phenoxy) is 1. The smallest absolute Gasteiger partial charge is 0.124 e. The van der Waals surface area contributed by atoms with E-state index in [1.165, 1.54) is 5.56 Å². The Bertz CT molecular complexity index is 375. The van der Waals surface area contributed by atoms with Crippen molar-refractivity contribution in [3.8, 4) is 5.75 Å². The Hall–Kier alpha value is -1.02. The van der Waals surface area contributed by atoms with Crippen LogP contribution in [0.3, 0.4) is 0 Å². The first-order chi connectivity index (χ1) is 8.47. The van der Waals surface area contributed by atoms with Crippen molar-refractivity contribution in [3.05, 3.63) is 29.8 Å². The number of rotatable bonds is 2. The van der Waals surface area contributed by atoms with Gasteiger partial charge in [0.25, 0.3) is 0 Å². The van der Waals surface area contributed by atoms with Crippen molar-refractivity contribution in [1.82, 2.24) is 0 Å². The van der Waals surface area contributed by atoms with Crippen molar-refractivity contribution >= 4 is 0 Å². The predicted octanol–water partition coefficient (Wildman–Crippen LogP) is 3.67. The fourth-order valence-corrected chi connectivity index (χ4v) is 2.42. The third kappa shape index (κ3) is 3.26. The summed E-state index contributed by atoms with van der Waals surface area (Å²) < 4.78 is 5.89. The summed E-state index contributed by atoms with van der Waals surface area (Å²) in [7, 11) is 0. The Morgan fingerprint density at radius 1 is 1.06 bits per heavy atom. The van der Waals surface area contributed by atoms with Gasteiger partial charge >= 0.3 is 0 Å². The van der Waals surface area contributed by atoms with Gasteiger partial charge in [0.15, 0.2) is 0 Å². The summed E-state index contributed by atoms with van der Waals surface area (Å²) in [5, 5.41) is 9.89. The van der Waals surface area contributed by atoms with E-state index >= 15 is 0 Å². The summed E-state index contributed by atoms with van der Waals surface area (Å²) in [6.07, 6.45) is 3.76. The molecular formula is C16H24O2. The van der Waals surface area contributed by atoms with Crippen molar-refractivity contribution < 1.29 is 9.84 Å².